The highest BCUT2D eigenvalue weighted by Crippen LogP contribution is 2.18. The monoisotopic (exact) mass is 319 g/mol. The van der Waals surface area contributed by atoms with E-state index in [0.29, 0.717) is 12.3 Å². The summed E-state index contributed by atoms with van der Waals surface area (Å²) >= 11 is 0. The van der Waals surface area contributed by atoms with Gasteiger partial charge in [-0.1, -0.05) is 0 Å². The van der Waals surface area contributed by atoms with Crippen LogP contribution in [0.5, 0.6) is 5.75 Å². The van der Waals surface area contributed by atoms with Gasteiger partial charge in [-0.15, -0.1) is 0 Å². The van der Waals surface area contributed by atoms with Crippen LogP contribution in [0.2, 0.25) is 0 Å². The molecule has 1 heterocycles. The Morgan fingerprint density at radius 2 is 2.09 bits per heavy atom. The highest BCUT2D eigenvalue weighted by Gasteiger charge is 2.15. The molecule has 1 N–H and O–H groups in total. The van der Waals surface area contributed by atoms with E-state index in [4.69, 9.17) is 14.2 Å². The van der Waals surface area contributed by atoms with Crippen LogP contribution in [-0.2, 0) is 19.1 Å². The number of rotatable bonds is 7. The molecule has 0 bridgehead atoms. The number of carbonyl (C=O) groups is 2. The van der Waals surface area contributed by atoms with Crippen LogP contribution in [0.15, 0.2) is 36.4 Å². The second-order valence-electron chi connectivity index (χ2n) is 5.05. The third-order valence-electron chi connectivity index (χ3n) is 3.24. The molecule has 0 spiro atoms. The van der Waals surface area contributed by atoms with Gasteiger partial charge in [-0.3, -0.25) is 4.79 Å². The lowest BCUT2D eigenvalue weighted by molar-refractivity contribution is -0.137. The van der Waals surface area contributed by atoms with Crippen molar-refractivity contribution < 1.29 is 23.8 Å². The quantitative estimate of drug-likeness (QED) is 0.616. The van der Waals surface area contributed by atoms with Crippen LogP contribution in [0.1, 0.15) is 19.8 Å². The second kappa shape index (κ2) is 8.95. The molecule has 1 atom stereocenters. The Kier molecular flexibility index (Phi) is 6.62. The maximum Gasteiger partial charge on any atom is 0.330 e. The number of ether oxygens (including phenoxy) is 3. The Morgan fingerprint density at radius 3 is 2.74 bits per heavy atom. The molecule has 1 saturated heterocycles. The van der Waals surface area contributed by atoms with Crippen LogP contribution in [-0.4, -0.2) is 37.8 Å². The zero-order chi connectivity index (χ0) is 16.5. The molecule has 1 unspecified atom stereocenters. The minimum Gasteiger partial charge on any atom is -0.491 e. The fourth-order valence-corrected chi connectivity index (χ4v) is 2.12. The number of anilines is 1. The Bertz CT molecular complexity index is 547. The molecule has 1 aliphatic heterocycles. The summed E-state index contributed by atoms with van der Waals surface area (Å²) in [6, 6.07) is 7.03. The Hall–Kier alpha value is -2.34. The van der Waals surface area contributed by atoms with Crippen molar-refractivity contribution in [2.45, 2.75) is 25.9 Å². The predicted octanol–water partition coefficient (Wildman–Crippen LogP) is 2.30. The van der Waals surface area contributed by atoms with Crippen molar-refractivity contribution in [1.82, 2.24) is 0 Å². The summed E-state index contributed by atoms with van der Waals surface area (Å²) in [4.78, 5) is 22.8. The molecule has 0 saturated carbocycles. The van der Waals surface area contributed by atoms with Crippen molar-refractivity contribution in [2.75, 3.05) is 25.1 Å². The molecular formula is C17H21NO5. The molecule has 6 nitrogen and oxygen atoms in total. The minimum absolute atomic E-state index is 0.169. The Labute approximate surface area is 135 Å². The van der Waals surface area contributed by atoms with E-state index in [1.165, 1.54) is 0 Å². The van der Waals surface area contributed by atoms with Gasteiger partial charge in [0.05, 0.1) is 12.7 Å². The molecule has 23 heavy (non-hydrogen) atoms. The average molecular weight is 319 g/mol. The Morgan fingerprint density at radius 1 is 1.30 bits per heavy atom. The molecule has 1 aliphatic rings. The largest absolute Gasteiger partial charge is 0.491 e. The van der Waals surface area contributed by atoms with Gasteiger partial charge >= 0.3 is 5.97 Å². The number of hydrogen-bond acceptors (Lipinski definition) is 5. The lowest BCUT2D eigenvalue weighted by atomic mass is 10.2. The van der Waals surface area contributed by atoms with Gasteiger partial charge in [0.1, 0.15) is 12.4 Å². The molecule has 6 heteroatoms. The van der Waals surface area contributed by atoms with Gasteiger partial charge in [-0.25, -0.2) is 4.79 Å². The summed E-state index contributed by atoms with van der Waals surface area (Å²) < 4.78 is 15.8. The third-order valence-corrected chi connectivity index (χ3v) is 3.24. The summed E-state index contributed by atoms with van der Waals surface area (Å²) in [6.07, 6.45) is 4.51. The van der Waals surface area contributed by atoms with Crippen molar-refractivity contribution >= 4 is 17.6 Å². The minimum atomic E-state index is -0.541. The lowest BCUT2D eigenvalue weighted by Gasteiger charge is -2.11. The van der Waals surface area contributed by atoms with Crippen molar-refractivity contribution in [3.8, 4) is 5.75 Å². The Balaban J connectivity index is 1.77. The zero-order valence-electron chi connectivity index (χ0n) is 13.1. The molecule has 1 amide bonds. The van der Waals surface area contributed by atoms with Crippen molar-refractivity contribution in [2.24, 2.45) is 0 Å². The van der Waals surface area contributed by atoms with E-state index in [-0.39, 0.29) is 12.7 Å². The summed E-state index contributed by atoms with van der Waals surface area (Å²) in [6.45, 7) is 3.32. The van der Waals surface area contributed by atoms with Crippen LogP contribution in [0.4, 0.5) is 5.69 Å². The molecule has 0 radical (unpaired) electrons. The first kappa shape index (κ1) is 17.0. The second-order valence-corrected chi connectivity index (χ2v) is 5.05. The van der Waals surface area contributed by atoms with E-state index >= 15 is 0 Å². The summed E-state index contributed by atoms with van der Waals surface area (Å²) in [5, 5.41) is 2.65. The molecule has 1 fully saturated rings. The van der Waals surface area contributed by atoms with Gasteiger partial charge in [0.2, 0.25) is 5.91 Å². The molecule has 0 aromatic heterocycles. The number of hydrogen-bond donors (Lipinski definition) is 1. The van der Waals surface area contributed by atoms with Gasteiger partial charge in [0.15, 0.2) is 0 Å². The number of esters is 1. The van der Waals surface area contributed by atoms with Gasteiger partial charge in [0.25, 0.3) is 0 Å². The average Bonchev–Trinajstić information content (AvgIpc) is 3.06. The van der Waals surface area contributed by atoms with E-state index in [9.17, 15) is 9.59 Å². The predicted molar refractivity (Wildman–Crippen MR) is 85.3 cm³/mol. The normalized spacial score (nSPS) is 17.2. The SMILES string of the molecule is CCOC(=O)/C=C/C(=O)Nc1ccc(OCC2CCCO2)cc1. The van der Waals surface area contributed by atoms with Gasteiger partial charge in [-0.05, 0) is 44.0 Å². The molecule has 1 aromatic rings. The van der Waals surface area contributed by atoms with E-state index in [1.54, 1.807) is 31.2 Å². The molecule has 1 aromatic carbocycles. The van der Waals surface area contributed by atoms with Crippen molar-refractivity contribution in [3.63, 3.8) is 0 Å². The fourth-order valence-electron chi connectivity index (χ4n) is 2.12. The third kappa shape index (κ3) is 6.12. The van der Waals surface area contributed by atoms with Crippen LogP contribution in [0, 0.1) is 0 Å². The lowest BCUT2D eigenvalue weighted by Crippen LogP contribution is -2.16. The maximum absolute atomic E-state index is 11.7. The van der Waals surface area contributed by atoms with Crippen LogP contribution in [0.25, 0.3) is 0 Å². The first-order valence-electron chi connectivity index (χ1n) is 7.67. The zero-order valence-corrected chi connectivity index (χ0v) is 13.1. The van der Waals surface area contributed by atoms with Crippen LogP contribution < -0.4 is 10.1 Å². The van der Waals surface area contributed by atoms with Crippen LogP contribution in [0.3, 0.4) is 0 Å². The molecular weight excluding hydrogens is 298 g/mol. The van der Waals surface area contributed by atoms with E-state index < -0.39 is 11.9 Å². The van der Waals surface area contributed by atoms with E-state index in [0.717, 1.165) is 37.4 Å². The molecule has 0 aliphatic carbocycles. The standard InChI is InChI=1S/C17H21NO5/c1-2-21-17(20)10-9-16(19)18-13-5-7-14(8-6-13)23-12-15-4-3-11-22-15/h5-10,15H,2-4,11-12H2,1H3,(H,18,19)/b10-9+. The van der Waals surface area contributed by atoms with Crippen molar-refractivity contribution in [1.29, 1.82) is 0 Å². The van der Waals surface area contributed by atoms with Gasteiger partial charge in [-0.2, -0.15) is 0 Å². The number of benzene rings is 1. The number of nitrogens with one attached hydrogen (secondary N) is 1. The smallest absolute Gasteiger partial charge is 0.330 e. The van der Waals surface area contributed by atoms with Gasteiger partial charge in [0, 0.05) is 24.4 Å². The first-order valence-corrected chi connectivity index (χ1v) is 7.67. The van der Waals surface area contributed by atoms with E-state index in [2.05, 4.69) is 5.32 Å². The summed E-state index contributed by atoms with van der Waals surface area (Å²) in [5.41, 5.74) is 0.618. The summed E-state index contributed by atoms with van der Waals surface area (Å²) in [7, 11) is 0. The topological polar surface area (TPSA) is 73.9 Å². The van der Waals surface area contributed by atoms with Crippen LogP contribution >= 0.6 is 0 Å². The van der Waals surface area contributed by atoms with Crippen molar-refractivity contribution in [3.05, 3.63) is 36.4 Å². The fraction of sp³-hybridized carbons (Fsp3) is 0.412. The highest BCUT2D eigenvalue weighted by molar-refractivity contribution is 6.02. The van der Waals surface area contributed by atoms with Gasteiger partial charge < -0.3 is 19.5 Å². The van der Waals surface area contributed by atoms with E-state index in [1.807, 2.05) is 0 Å². The first-order chi connectivity index (χ1) is 11.2. The summed E-state index contributed by atoms with van der Waals surface area (Å²) in [5.74, 6) is -0.216. The molecule has 124 valence electrons. The molecule has 2 rings (SSSR count). The maximum atomic E-state index is 11.7. The number of carbonyl (C=O) groups excluding carboxylic acids is 2. The number of amides is 1. The highest BCUT2D eigenvalue weighted by atomic mass is 16.5.